The first-order chi connectivity index (χ1) is 16.3. The van der Waals surface area contributed by atoms with Gasteiger partial charge in [-0.2, -0.15) is 0 Å². The molecule has 34 heavy (non-hydrogen) atoms. The Hall–Kier alpha value is -3.35. The van der Waals surface area contributed by atoms with E-state index in [1.165, 1.54) is 0 Å². The summed E-state index contributed by atoms with van der Waals surface area (Å²) in [5.41, 5.74) is 2.61. The Kier molecular flexibility index (Phi) is 6.64. The lowest BCUT2D eigenvalue weighted by Crippen LogP contribution is -2.59. The third-order valence-electron chi connectivity index (χ3n) is 7.52. The summed E-state index contributed by atoms with van der Waals surface area (Å²) in [5, 5.41) is 15.2. The number of aliphatic carboxylic acids is 1. The van der Waals surface area contributed by atoms with Crippen LogP contribution < -0.4 is 10.6 Å². The van der Waals surface area contributed by atoms with Crippen molar-refractivity contribution in [3.8, 4) is 11.1 Å². The maximum atomic E-state index is 12.8. The zero-order valence-electron chi connectivity index (χ0n) is 19.7. The van der Waals surface area contributed by atoms with Crippen LogP contribution in [0.25, 0.3) is 11.1 Å². The Balaban J connectivity index is 1.39. The van der Waals surface area contributed by atoms with E-state index in [1.54, 1.807) is 13.8 Å². The molecule has 0 bridgehead atoms. The van der Waals surface area contributed by atoms with Gasteiger partial charge in [0.1, 0.15) is 12.1 Å². The lowest BCUT2D eigenvalue weighted by Gasteiger charge is -2.42. The Bertz CT molecular complexity index is 1040. The summed E-state index contributed by atoms with van der Waals surface area (Å²) >= 11 is 0. The second kappa shape index (κ2) is 9.49. The van der Waals surface area contributed by atoms with Crippen molar-refractivity contribution in [2.45, 2.75) is 69.4 Å². The first kappa shape index (κ1) is 23.8. The number of hydrogen-bond acceptors (Lipinski definition) is 4. The van der Waals surface area contributed by atoms with Gasteiger partial charge in [-0.05, 0) is 54.4 Å². The summed E-state index contributed by atoms with van der Waals surface area (Å²) in [5.74, 6) is -1.45. The maximum absolute atomic E-state index is 12.8. The van der Waals surface area contributed by atoms with Crippen LogP contribution in [0.5, 0.6) is 0 Å². The molecule has 0 heterocycles. The third kappa shape index (κ3) is 4.39. The molecule has 7 heteroatoms. The fourth-order valence-electron chi connectivity index (χ4n) is 5.20. The number of rotatable bonds is 9. The van der Waals surface area contributed by atoms with E-state index in [9.17, 15) is 19.5 Å². The molecule has 0 spiro atoms. The molecule has 0 unspecified atom stereocenters. The molecular weight excluding hydrogens is 432 g/mol. The number of carboxylic acids is 1. The minimum atomic E-state index is -1.29. The van der Waals surface area contributed by atoms with Crippen LogP contribution in [0.1, 0.15) is 69.4 Å². The molecule has 2 aliphatic carbocycles. The molecule has 7 nitrogen and oxygen atoms in total. The average molecular weight is 465 g/mol. The number of carbonyl (C=O) groups excluding carboxylic acids is 2. The van der Waals surface area contributed by atoms with E-state index in [-0.39, 0.29) is 37.7 Å². The van der Waals surface area contributed by atoms with Gasteiger partial charge in [0.25, 0.3) is 0 Å². The van der Waals surface area contributed by atoms with Crippen molar-refractivity contribution >= 4 is 18.0 Å². The maximum Gasteiger partial charge on any atom is 0.407 e. The molecule has 0 radical (unpaired) electrons. The number of alkyl carbamates (subject to hydrolysis) is 1. The van der Waals surface area contributed by atoms with Gasteiger partial charge in [-0.15, -0.1) is 0 Å². The van der Waals surface area contributed by atoms with Crippen LogP contribution in [0, 0.1) is 0 Å². The highest BCUT2D eigenvalue weighted by molar-refractivity contribution is 5.88. The van der Waals surface area contributed by atoms with Gasteiger partial charge in [-0.3, -0.25) is 4.79 Å². The Morgan fingerprint density at radius 1 is 1.00 bits per heavy atom. The molecule has 180 valence electrons. The number of carbonyl (C=O) groups is 3. The molecule has 2 aliphatic rings. The van der Waals surface area contributed by atoms with E-state index in [0.29, 0.717) is 12.8 Å². The summed E-state index contributed by atoms with van der Waals surface area (Å²) in [6, 6.07) is 16.3. The molecule has 1 saturated carbocycles. The quantitative estimate of drug-likeness (QED) is 0.503. The average Bonchev–Trinajstić information content (AvgIpc) is 3.13. The third-order valence-corrected chi connectivity index (χ3v) is 7.52. The van der Waals surface area contributed by atoms with Crippen LogP contribution in [-0.2, 0) is 14.3 Å². The van der Waals surface area contributed by atoms with Gasteiger partial charge in [0.15, 0.2) is 0 Å². The Morgan fingerprint density at radius 3 is 2.03 bits per heavy atom. The van der Waals surface area contributed by atoms with Crippen LogP contribution in [0.15, 0.2) is 48.5 Å². The molecule has 0 atom stereocenters. The highest BCUT2D eigenvalue weighted by Gasteiger charge is 2.43. The van der Waals surface area contributed by atoms with Crippen molar-refractivity contribution in [1.82, 2.24) is 10.6 Å². The smallest absolute Gasteiger partial charge is 0.407 e. The van der Waals surface area contributed by atoms with Gasteiger partial charge in [-0.25, -0.2) is 9.59 Å². The predicted molar refractivity (Wildman–Crippen MR) is 128 cm³/mol. The molecule has 0 aromatic heterocycles. The minimum Gasteiger partial charge on any atom is -0.480 e. The molecule has 4 rings (SSSR count). The van der Waals surface area contributed by atoms with Crippen molar-refractivity contribution in [2.75, 3.05) is 6.61 Å². The van der Waals surface area contributed by atoms with Crippen LogP contribution in [0.4, 0.5) is 4.79 Å². The lowest BCUT2D eigenvalue weighted by atomic mass is 9.74. The van der Waals surface area contributed by atoms with E-state index in [1.807, 2.05) is 24.3 Å². The highest BCUT2D eigenvalue weighted by Crippen LogP contribution is 2.44. The number of amides is 2. The number of hydrogen-bond donors (Lipinski definition) is 3. The van der Waals surface area contributed by atoms with E-state index in [2.05, 4.69) is 34.9 Å². The van der Waals surface area contributed by atoms with Crippen molar-refractivity contribution < 1.29 is 24.2 Å². The summed E-state index contributed by atoms with van der Waals surface area (Å²) in [6.45, 7) is 3.69. The van der Waals surface area contributed by atoms with E-state index in [4.69, 9.17) is 4.74 Å². The van der Waals surface area contributed by atoms with E-state index in [0.717, 1.165) is 28.7 Å². The number of ether oxygens (including phenoxy) is 1. The van der Waals surface area contributed by atoms with Gasteiger partial charge in [0, 0.05) is 12.3 Å². The van der Waals surface area contributed by atoms with E-state index >= 15 is 0 Å². The van der Waals surface area contributed by atoms with Gasteiger partial charge in [-0.1, -0.05) is 62.4 Å². The monoisotopic (exact) mass is 464 g/mol. The summed E-state index contributed by atoms with van der Waals surface area (Å²) in [4.78, 5) is 37.2. The molecule has 2 aromatic carbocycles. The molecule has 1 fully saturated rings. The van der Waals surface area contributed by atoms with Gasteiger partial charge >= 0.3 is 12.1 Å². The fourth-order valence-corrected chi connectivity index (χ4v) is 5.20. The fraction of sp³-hybridized carbons (Fsp3) is 0.444. The molecule has 3 N–H and O–H groups in total. The first-order valence-corrected chi connectivity index (χ1v) is 12.0. The molecule has 0 aliphatic heterocycles. The zero-order chi connectivity index (χ0) is 24.3. The molecule has 2 aromatic rings. The molecule has 2 amide bonds. The van der Waals surface area contributed by atoms with Gasteiger partial charge in [0.2, 0.25) is 5.91 Å². The van der Waals surface area contributed by atoms with Crippen LogP contribution >= 0.6 is 0 Å². The van der Waals surface area contributed by atoms with Crippen LogP contribution in [-0.4, -0.2) is 40.8 Å². The lowest BCUT2D eigenvalue weighted by molar-refractivity contribution is -0.148. The zero-order valence-corrected chi connectivity index (χ0v) is 19.7. The number of carboxylic acid groups (broad SMARTS) is 1. The molecular formula is C27H32N2O5. The standard InChI is InChI=1S/C27H32N2O5/c1-3-27(4-2,24(31)32)28-23(30)16-26(14-9-15-26)29-25(33)34-17-22-20-12-7-5-10-18(20)19-11-6-8-13-21(19)22/h5-8,10-13,22H,3-4,9,14-17H2,1-2H3,(H,28,30)(H,29,33)(H,31,32). The van der Waals surface area contributed by atoms with Crippen LogP contribution in [0.3, 0.4) is 0 Å². The SMILES string of the molecule is CCC(CC)(NC(=O)CC1(NC(=O)OCC2c3ccccc3-c3ccccc32)CCC1)C(=O)O. The second-order valence-corrected chi connectivity index (χ2v) is 9.40. The van der Waals surface area contributed by atoms with Crippen molar-refractivity contribution in [1.29, 1.82) is 0 Å². The van der Waals surface area contributed by atoms with Gasteiger partial charge in [0.05, 0.1) is 5.54 Å². The number of benzene rings is 2. The van der Waals surface area contributed by atoms with E-state index < -0.39 is 23.1 Å². The first-order valence-electron chi connectivity index (χ1n) is 12.0. The van der Waals surface area contributed by atoms with Crippen LogP contribution in [0.2, 0.25) is 0 Å². The van der Waals surface area contributed by atoms with Crippen molar-refractivity contribution in [2.24, 2.45) is 0 Å². The topological polar surface area (TPSA) is 105 Å². The summed E-state index contributed by atoms with van der Waals surface area (Å²) in [7, 11) is 0. The predicted octanol–water partition coefficient (Wildman–Crippen LogP) is 4.60. The van der Waals surface area contributed by atoms with Crippen molar-refractivity contribution in [3.05, 3.63) is 59.7 Å². The number of nitrogens with one attached hydrogen (secondary N) is 2. The largest absolute Gasteiger partial charge is 0.480 e. The number of fused-ring (bicyclic) bond motifs is 3. The van der Waals surface area contributed by atoms with Gasteiger partial charge < -0.3 is 20.5 Å². The van der Waals surface area contributed by atoms with Crippen molar-refractivity contribution in [3.63, 3.8) is 0 Å². The molecule has 0 saturated heterocycles. The highest BCUT2D eigenvalue weighted by atomic mass is 16.5. The normalized spacial score (nSPS) is 16.1. The second-order valence-electron chi connectivity index (χ2n) is 9.40. The summed E-state index contributed by atoms with van der Waals surface area (Å²) in [6.07, 6.45) is 2.26. The minimum absolute atomic E-state index is 0.0340. The Morgan fingerprint density at radius 2 is 1.56 bits per heavy atom. The Labute approximate surface area is 199 Å². The summed E-state index contributed by atoms with van der Waals surface area (Å²) < 4.78 is 5.66.